The minimum Gasteiger partial charge on any atom is -0.461 e. The van der Waals surface area contributed by atoms with Gasteiger partial charge in [0.05, 0.1) is 17.3 Å². The van der Waals surface area contributed by atoms with Crippen molar-refractivity contribution in [2.75, 3.05) is 17.3 Å². The van der Waals surface area contributed by atoms with Gasteiger partial charge in [0.15, 0.2) is 9.84 Å². The SMILES string of the molecule is Cc1cc(C)n2nc(SCC(=O)O[C@@H]3CCS(=O)(=O)C3)nc2n1. The second-order valence-electron chi connectivity index (χ2n) is 5.45. The van der Waals surface area contributed by atoms with E-state index in [-0.39, 0.29) is 17.3 Å². The number of ether oxygens (including phenoxy) is 1. The van der Waals surface area contributed by atoms with Gasteiger partial charge >= 0.3 is 5.97 Å². The molecule has 0 bridgehead atoms. The highest BCUT2D eigenvalue weighted by atomic mass is 32.2. The van der Waals surface area contributed by atoms with E-state index in [0.29, 0.717) is 17.4 Å². The summed E-state index contributed by atoms with van der Waals surface area (Å²) in [7, 11) is -3.05. The van der Waals surface area contributed by atoms with Gasteiger partial charge in [0.2, 0.25) is 5.16 Å². The number of carbonyl (C=O) groups excluding carboxylic acids is 1. The van der Waals surface area contributed by atoms with Crippen molar-refractivity contribution in [3.05, 3.63) is 17.5 Å². The van der Waals surface area contributed by atoms with Gasteiger partial charge in [-0.3, -0.25) is 4.79 Å². The number of aryl methyl sites for hydroxylation is 2. The number of rotatable bonds is 4. The molecule has 2 aromatic rings. The third-order valence-electron chi connectivity index (χ3n) is 3.41. The van der Waals surface area contributed by atoms with Gasteiger partial charge in [-0.25, -0.2) is 17.9 Å². The summed E-state index contributed by atoms with van der Waals surface area (Å²) in [5, 5.41) is 4.72. The molecule has 0 aliphatic carbocycles. The Bertz CT molecular complexity index is 862. The molecule has 2 aromatic heterocycles. The molecule has 0 saturated carbocycles. The zero-order valence-corrected chi connectivity index (χ0v) is 14.4. The maximum Gasteiger partial charge on any atom is 0.316 e. The van der Waals surface area contributed by atoms with Gasteiger partial charge in [-0.15, -0.1) is 5.10 Å². The largest absolute Gasteiger partial charge is 0.461 e. The van der Waals surface area contributed by atoms with Gasteiger partial charge in [-0.2, -0.15) is 4.98 Å². The van der Waals surface area contributed by atoms with Crippen LogP contribution in [0.1, 0.15) is 17.8 Å². The van der Waals surface area contributed by atoms with E-state index in [9.17, 15) is 13.2 Å². The summed E-state index contributed by atoms with van der Waals surface area (Å²) in [6, 6.07) is 1.89. The summed E-state index contributed by atoms with van der Waals surface area (Å²) >= 11 is 1.15. The van der Waals surface area contributed by atoms with Crippen LogP contribution >= 0.6 is 11.8 Å². The normalized spacial score (nSPS) is 20.0. The molecule has 0 spiro atoms. The van der Waals surface area contributed by atoms with Crippen molar-refractivity contribution < 1.29 is 17.9 Å². The van der Waals surface area contributed by atoms with Gasteiger partial charge in [-0.1, -0.05) is 11.8 Å². The molecule has 3 rings (SSSR count). The Hall–Kier alpha value is -1.68. The molecule has 8 nitrogen and oxygen atoms in total. The van der Waals surface area contributed by atoms with E-state index in [2.05, 4.69) is 15.1 Å². The van der Waals surface area contributed by atoms with E-state index >= 15 is 0 Å². The highest BCUT2D eigenvalue weighted by Crippen LogP contribution is 2.18. The standard InChI is InChI=1S/C13H16N4O4S2/c1-8-5-9(2)17-12(14-8)15-13(16-17)22-6-11(18)21-10-3-4-23(19,20)7-10/h5,10H,3-4,6-7H2,1-2H3/t10-/m1/s1. The lowest BCUT2D eigenvalue weighted by molar-refractivity contribution is -0.144. The first-order valence-electron chi connectivity index (χ1n) is 7.06. The first-order chi connectivity index (χ1) is 10.8. The van der Waals surface area contributed by atoms with Crippen LogP contribution in [0.2, 0.25) is 0 Å². The molecular formula is C13H16N4O4S2. The quantitative estimate of drug-likeness (QED) is 0.578. The molecule has 0 amide bonds. The lowest BCUT2D eigenvalue weighted by Gasteiger charge is -2.08. The second-order valence-corrected chi connectivity index (χ2v) is 8.62. The lowest BCUT2D eigenvalue weighted by atomic mass is 10.3. The summed E-state index contributed by atoms with van der Waals surface area (Å²) in [6.07, 6.45) is -0.165. The number of sulfone groups is 1. The van der Waals surface area contributed by atoms with Crippen molar-refractivity contribution in [3.63, 3.8) is 0 Å². The number of hydrogen-bond donors (Lipinski definition) is 0. The fourth-order valence-corrected chi connectivity index (χ4v) is 4.60. The van der Waals surface area contributed by atoms with Gasteiger partial charge < -0.3 is 4.74 Å². The molecule has 1 atom stereocenters. The molecule has 23 heavy (non-hydrogen) atoms. The van der Waals surface area contributed by atoms with E-state index in [0.717, 1.165) is 23.1 Å². The Labute approximate surface area is 137 Å². The second kappa shape index (κ2) is 6.08. The number of carbonyl (C=O) groups is 1. The molecule has 1 saturated heterocycles. The van der Waals surface area contributed by atoms with Crippen LogP contribution in [0.5, 0.6) is 0 Å². The average molecular weight is 356 g/mol. The van der Waals surface area contributed by atoms with Crippen LogP contribution in [0, 0.1) is 13.8 Å². The molecule has 0 aromatic carbocycles. The summed E-state index contributed by atoms with van der Waals surface area (Å²) in [5.74, 6) is 0.0531. The fourth-order valence-electron chi connectivity index (χ4n) is 2.41. The van der Waals surface area contributed by atoms with Gasteiger partial charge in [0, 0.05) is 11.4 Å². The summed E-state index contributed by atoms with van der Waals surface area (Å²) in [6.45, 7) is 3.78. The minimum absolute atomic E-state index is 0.0332. The Morgan fingerprint density at radius 1 is 1.43 bits per heavy atom. The van der Waals surface area contributed by atoms with Gasteiger partial charge in [-0.05, 0) is 26.3 Å². The van der Waals surface area contributed by atoms with E-state index < -0.39 is 21.9 Å². The summed E-state index contributed by atoms with van der Waals surface area (Å²) < 4.78 is 29.5. The predicted molar refractivity (Wildman–Crippen MR) is 84.1 cm³/mol. The van der Waals surface area contributed by atoms with E-state index in [1.54, 1.807) is 4.52 Å². The van der Waals surface area contributed by atoms with Crippen LogP contribution in [0.4, 0.5) is 0 Å². The molecule has 0 radical (unpaired) electrons. The maximum absolute atomic E-state index is 11.8. The zero-order valence-electron chi connectivity index (χ0n) is 12.7. The topological polar surface area (TPSA) is 104 Å². The summed E-state index contributed by atoms with van der Waals surface area (Å²) in [5.41, 5.74) is 1.76. The van der Waals surface area contributed by atoms with E-state index in [1.807, 2.05) is 19.9 Å². The highest BCUT2D eigenvalue weighted by molar-refractivity contribution is 7.99. The molecule has 124 valence electrons. The molecular weight excluding hydrogens is 340 g/mol. The van der Waals surface area contributed by atoms with Crippen LogP contribution in [0.15, 0.2) is 11.2 Å². The Morgan fingerprint density at radius 3 is 2.91 bits per heavy atom. The van der Waals surface area contributed by atoms with E-state index in [4.69, 9.17) is 4.74 Å². The first kappa shape index (κ1) is 16.2. The minimum atomic E-state index is -3.05. The number of esters is 1. The Kier molecular flexibility index (Phi) is 4.28. The van der Waals surface area contributed by atoms with Crippen molar-refractivity contribution in [3.8, 4) is 0 Å². The smallest absolute Gasteiger partial charge is 0.316 e. The lowest BCUT2D eigenvalue weighted by Crippen LogP contribution is -2.20. The molecule has 1 aliphatic rings. The van der Waals surface area contributed by atoms with Gasteiger partial charge in [0.25, 0.3) is 5.78 Å². The highest BCUT2D eigenvalue weighted by Gasteiger charge is 2.30. The van der Waals surface area contributed by atoms with Crippen LogP contribution < -0.4 is 0 Å². The van der Waals surface area contributed by atoms with Crippen LogP contribution in [0.3, 0.4) is 0 Å². The summed E-state index contributed by atoms with van der Waals surface area (Å²) in [4.78, 5) is 20.3. The Balaban J connectivity index is 1.60. The fraction of sp³-hybridized carbons (Fsp3) is 0.538. The predicted octanol–water partition coefficient (Wildman–Crippen LogP) is 0.564. The number of nitrogens with zero attached hydrogens (tertiary/aromatic N) is 4. The molecule has 1 aliphatic heterocycles. The van der Waals surface area contributed by atoms with Crippen molar-refractivity contribution in [1.82, 2.24) is 19.6 Å². The van der Waals surface area contributed by atoms with Crippen molar-refractivity contribution in [1.29, 1.82) is 0 Å². The molecule has 1 fully saturated rings. The van der Waals surface area contributed by atoms with E-state index in [1.165, 1.54) is 0 Å². The van der Waals surface area contributed by atoms with Crippen molar-refractivity contribution in [2.45, 2.75) is 31.5 Å². The van der Waals surface area contributed by atoms with Crippen molar-refractivity contribution >= 4 is 33.3 Å². The molecule has 0 N–H and O–H groups in total. The Morgan fingerprint density at radius 2 is 2.22 bits per heavy atom. The van der Waals surface area contributed by atoms with Crippen LogP contribution in [-0.2, 0) is 19.4 Å². The number of hydrogen-bond acceptors (Lipinski definition) is 8. The van der Waals surface area contributed by atoms with Gasteiger partial charge in [0.1, 0.15) is 6.10 Å². The number of aromatic nitrogens is 4. The molecule has 0 unspecified atom stereocenters. The first-order valence-corrected chi connectivity index (χ1v) is 9.87. The average Bonchev–Trinajstić information content (AvgIpc) is 2.99. The monoisotopic (exact) mass is 356 g/mol. The third-order valence-corrected chi connectivity index (χ3v) is 5.96. The zero-order chi connectivity index (χ0) is 16.6. The van der Waals surface area contributed by atoms with Crippen LogP contribution in [0.25, 0.3) is 5.78 Å². The molecule has 3 heterocycles. The number of fused-ring (bicyclic) bond motifs is 1. The van der Waals surface area contributed by atoms with Crippen molar-refractivity contribution in [2.24, 2.45) is 0 Å². The third kappa shape index (κ3) is 3.81. The molecule has 10 heteroatoms. The maximum atomic E-state index is 11.8. The number of thioether (sulfide) groups is 1. The van der Waals surface area contributed by atoms with Crippen LogP contribution in [-0.4, -0.2) is 57.3 Å².